The number of H-pyrrole nitrogens is 2. The standard InChI is InChI=1S/C13H19N5O3/c1-16-2-4-18(5-3-16)11(19)8-17-6-9-10(7-17)14-13(21)15-12(9)20/h2-8H2,1H3,(H2,14,15,20,21). The Labute approximate surface area is 121 Å². The fraction of sp³-hybridized carbons (Fsp3) is 0.615. The molecule has 3 rings (SSSR count). The molecule has 2 N–H and O–H groups in total. The minimum Gasteiger partial charge on any atom is -0.339 e. The number of hydrogen-bond donors (Lipinski definition) is 2. The van der Waals surface area contributed by atoms with Gasteiger partial charge in [0.2, 0.25) is 5.91 Å². The van der Waals surface area contributed by atoms with Crippen LogP contribution in [0.2, 0.25) is 0 Å². The number of fused-ring (bicyclic) bond motifs is 1. The minimum atomic E-state index is -0.494. The number of nitrogens with zero attached hydrogens (tertiary/aromatic N) is 3. The molecule has 1 aromatic heterocycles. The highest BCUT2D eigenvalue weighted by atomic mass is 16.2. The first-order valence-electron chi connectivity index (χ1n) is 7.06. The summed E-state index contributed by atoms with van der Waals surface area (Å²) in [6.45, 7) is 4.38. The Morgan fingerprint density at radius 3 is 2.52 bits per heavy atom. The molecule has 0 aromatic carbocycles. The van der Waals surface area contributed by atoms with Crippen molar-refractivity contribution < 1.29 is 4.79 Å². The predicted molar refractivity (Wildman–Crippen MR) is 75.9 cm³/mol. The summed E-state index contributed by atoms with van der Waals surface area (Å²) >= 11 is 0. The molecule has 0 atom stereocenters. The predicted octanol–water partition coefficient (Wildman–Crippen LogP) is -1.85. The summed E-state index contributed by atoms with van der Waals surface area (Å²) in [7, 11) is 2.04. The molecule has 1 aromatic rings. The van der Waals surface area contributed by atoms with E-state index in [1.165, 1.54) is 0 Å². The van der Waals surface area contributed by atoms with Crippen LogP contribution in [0.3, 0.4) is 0 Å². The van der Waals surface area contributed by atoms with Crippen molar-refractivity contribution in [2.75, 3.05) is 39.8 Å². The second kappa shape index (κ2) is 5.45. The van der Waals surface area contributed by atoms with Gasteiger partial charge in [-0.3, -0.25) is 19.5 Å². The Balaban J connectivity index is 1.63. The minimum absolute atomic E-state index is 0.0784. The van der Waals surface area contributed by atoms with Crippen molar-refractivity contribution in [1.29, 1.82) is 0 Å². The molecule has 21 heavy (non-hydrogen) atoms. The number of hydrogen-bond acceptors (Lipinski definition) is 5. The van der Waals surface area contributed by atoms with Gasteiger partial charge in [-0.15, -0.1) is 0 Å². The summed E-state index contributed by atoms with van der Waals surface area (Å²) in [5.41, 5.74) is 0.324. The van der Waals surface area contributed by atoms with Gasteiger partial charge in [0.15, 0.2) is 0 Å². The molecule has 1 fully saturated rings. The third-order valence-electron chi connectivity index (χ3n) is 4.11. The summed E-state index contributed by atoms with van der Waals surface area (Å²) < 4.78 is 0. The van der Waals surface area contributed by atoms with Crippen LogP contribution in [0.1, 0.15) is 11.3 Å². The molecule has 1 amide bonds. The van der Waals surface area contributed by atoms with E-state index in [1.54, 1.807) is 0 Å². The molecular formula is C13H19N5O3. The maximum atomic E-state index is 12.3. The van der Waals surface area contributed by atoms with E-state index >= 15 is 0 Å². The van der Waals surface area contributed by atoms with E-state index in [4.69, 9.17) is 0 Å². The fourth-order valence-electron chi connectivity index (χ4n) is 2.82. The number of carbonyl (C=O) groups is 1. The SMILES string of the molecule is CN1CCN(C(=O)CN2Cc3[nH]c(=O)[nH]c(=O)c3C2)CC1. The first-order chi connectivity index (χ1) is 10.0. The van der Waals surface area contributed by atoms with Gasteiger partial charge in [0.05, 0.1) is 12.1 Å². The lowest BCUT2D eigenvalue weighted by atomic mass is 10.3. The Morgan fingerprint density at radius 1 is 1.10 bits per heavy atom. The van der Waals surface area contributed by atoms with Gasteiger partial charge in [0.1, 0.15) is 0 Å². The van der Waals surface area contributed by atoms with E-state index < -0.39 is 5.69 Å². The van der Waals surface area contributed by atoms with Gasteiger partial charge >= 0.3 is 5.69 Å². The first kappa shape index (κ1) is 14.0. The molecule has 3 heterocycles. The summed E-state index contributed by atoms with van der Waals surface area (Å²) in [4.78, 5) is 46.0. The van der Waals surface area contributed by atoms with Crippen LogP contribution >= 0.6 is 0 Å². The Kier molecular flexibility index (Phi) is 3.64. The molecule has 2 aliphatic rings. The first-order valence-corrected chi connectivity index (χ1v) is 7.06. The third-order valence-corrected chi connectivity index (χ3v) is 4.11. The normalized spacial score (nSPS) is 19.8. The number of piperazine rings is 1. The summed E-state index contributed by atoms with van der Waals surface area (Å²) in [5, 5.41) is 0. The van der Waals surface area contributed by atoms with Gasteiger partial charge in [-0.1, -0.05) is 0 Å². The molecule has 0 aliphatic carbocycles. The molecule has 0 bridgehead atoms. The molecule has 0 radical (unpaired) electrons. The van der Waals surface area contributed by atoms with E-state index in [-0.39, 0.29) is 18.0 Å². The van der Waals surface area contributed by atoms with Crippen molar-refractivity contribution in [1.82, 2.24) is 24.7 Å². The van der Waals surface area contributed by atoms with Crippen LogP contribution in [0.15, 0.2) is 9.59 Å². The van der Waals surface area contributed by atoms with Gasteiger partial charge in [-0.2, -0.15) is 0 Å². The molecule has 8 heteroatoms. The van der Waals surface area contributed by atoms with Gasteiger partial charge in [0, 0.05) is 45.0 Å². The quantitative estimate of drug-likeness (QED) is 0.668. The number of carbonyl (C=O) groups excluding carboxylic acids is 1. The maximum absolute atomic E-state index is 12.3. The number of rotatable bonds is 2. The van der Waals surface area contributed by atoms with Crippen molar-refractivity contribution in [3.05, 3.63) is 32.1 Å². The van der Waals surface area contributed by atoms with Crippen LogP contribution in [0, 0.1) is 0 Å². The molecule has 114 valence electrons. The van der Waals surface area contributed by atoms with E-state index in [9.17, 15) is 14.4 Å². The maximum Gasteiger partial charge on any atom is 0.325 e. The van der Waals surface area contributed by atoms with Crippen molar-refractivity contribution in [3.63, 3.8) is 0 Å². The number of amides is 1. The highest BCUT2D eigenvalue weighted by Gasteiger charge is 2.27. The van der Waals surface area contributed by atoms with E-state index in [0.717, 1.165) is 26.2 Å². The largest absolute Gasteiger partial charge is 0.339 e. The smallest absolute Gasteiger partial charge is 0.325 e. The van der Waals surface area contributed by atoms with Crippen LogP contribution in [0.5, 0.6) is 0 Å². The van der Waals surface area contributed by atoms with Crippen molar-refractivity contribution >= 4 is 5.91 Å². The molecule has 0 saturated carbocycles. The van der Waals surface area contributed by atoms with Crippen molar-refractivity contribution in [2.24, 2.45) is 0 Å². The van der Waals surface area contributed by atoms with Gasteiger partial charge in [-0.25, -0.2) is 4.79 Å². The van der Waals surface area contributed by atoms with Crippen LogP contribution in [0.4, 0.5) is 0 Å². The average Bonchev–Trinajstić information content (AvgIpc) is 2.82. The fourth-order valence-corrected chi connectivity index (χ4v) is 2.82. The Hall–Kier alpha value is -1.93. The lowest BCUT2D eigenvalue weighted by Crippen LogP contribution is -2.49. The van der Waals surface area contributed by atoms with Crippen molar-refractivity contribution in [3.8, 4) is 0 Å². The molecular weight excluding hydrogens is 274 g/mol. The van der Waals surface area contributed by atoms with E-state index in [1.807, 2.05) is 16.8 Å². The van der Waals surface area contributed by atoms with E-state index in [2.05, 4.69) is 14.9 Å². The molecule has 1 saturated heterocycles. The Morgan fingerprint density at radius 2 is 1.81 bits per heavy atom. The highest BCUT2D eigenvalue weighted by Crippen LogP contribution is 2.16. The molecule has 2 aliphatic heterocycles. The number of aromatic nitrogens is 2. The lowest BCUT2D eigenvalue weighted by Gasteiger charge is -2.33. The summed E-state index contributed by atoms with van der Waals surface area (Å²) in [6.07, 6.45) is 0. The molecule has 0 unspecified atom stereocenters. The zero-order valence-corrected chi connectivity index (χ0v) is 12.0. The van der Waals surface area contributed by atoms with Crippen molar-refractivity contribution in [2.45, 2.75) is 13.1 Å². The van der Waals surface area contributed by atoms with E-state index in [0.29, 0.717) is 24.3 Å². The summed E-state index contributed by atoms with van der Waals surface area (Å²) in [6, 6.07) is 0. The molecule has 8 nitrogen and oxygen atoms in total. The van der Waals surface area contributed by atoms with Crippen LogP contribution in [0.25, 0.3) is 0 Å². The Bertz CT molecular complexity index is 657. The van der Waals surface area contributed by atoms with Crippen LogP contribution in [-0.4, -0.2) is 70.3 Å². The van der Waals surface area contributed by atoms with Gasteiger partial charge in [-0.05, 0) is 7.05 Å². The topological polar surface area (TPSA) is 92.5 Å². The number of aromatic amines is 2. The lowest BCUT2D eigenvalue weighted by molar-refractivity contribution is -0.134. The second-order valence-electron chi connectivity index (χ2n) is 5.69. The van der Waals surface area contributed by atoms with Crippen LogP contribution < -0.4 is 11.2 Å². The number of nitrogens with one attached hydrogen (secondary N) is 2. The zero-order chi connectivity index (χ0) is 15.0. The van der Waals surface area contributed by atoms with Gasteiger partial charge in [0.25, 0.3) is 5.56 Å². The monoisotopic (exact) mass is 293 g/mol. The highest BCUT2D eigenvalue weighted by molar-refractivity contribution is 5.78. The van der Waals surface area contributed by atoms with Crippen LogP contribution in [-0.2, 0) is 17.9 Å². The van der Waals surface area contributed by atoms with Gasteiger partial charge < -0.3 is 14.8 Å². The third kappa shape index (κ3) is 2.91. The summed E-state index contributed by atoms with van der Waals surface area (Å²) in [5.74, 6) is 0.0784. The average molecular weight is 293 g/mol. The molecule has 0 spiro atoms. The second-order valence-corrected chi connectivity index (χ2v) is 5.69. The zero-order valence-electron chi connectivity index (χ0n) is 12.0. The number of likely N-dealkylation sites (N-methyl/N-ethyl adjacent to an activating group) is 1.